The molecule has 5 heteroatoms. The zero-order valence-corrected chi connectivity index (χ0v) is 16.2. The van der Waals surface area contributed by atoms with Crippen LogP contribution in [0.25, 0.3) is 22.4 Å². The molecule has 0 fully saturated rings. The number of hydrogen-bond donors (Lipinski definition) is 0. The van der Waals surface area contributed by atoms with E-state index in [1.54, 1.807) is 21.3 Å². The molecular weight excluding hydrogens is 352 g/mol. The van der Waals surface area contributed by atoms with E-state index in [0.29, 0.717) is 6.54 Å². The Morgan fingerprint density at radius 2 is 1.50 bits per heavy atom. The van der Waals surface area contributed by atoms with E-state index in [4.69, 9.17) is 19.2 Å². The van der Waals surface area contributed by atoms with Gasteiger partial charge in [0, 0.05) is 11.6 Å². The molecule has 0 amide bonds. The van der Waals surface area contributed by atoms with Crippen LogP contribution in [-0.4, -0.2) is 30.9 Å². The van der Waals surface area contributed by atoms with E-state index in [9.17, 15) is 0 Å². The van der Waals surface area contributed by atoms with Crippen LogP contribution in [0.1, 0.15) is 5.56 Å². The number of imidazole rings is 1. The van der Waals surface area contributed by atoms with Gasteiger partial charge in [-0.05, 0) is 30.3 Å². The molecule has 4 rings (SSSR count). The number of para-hydroxylation sites is 2. The molecule has 0 bridgehead atoms. The predicted molar refractivity (Wildman–Crippen MR) is 110 cm³/mol. The van der Waals surface area contributed by atoms with Crippen molar-refractivity contribution in [1.82, 2.24) is 9.55 Å². The van der Waals surface area contributed by atoms with Crippen LogP contribution in [0.15, 0.2) is 66.7 Å². The van der Waals surface area contributed by atoms with Gasteiger partial charge in [0.15, 0.2) is 0 Å². The maximum absolute atomic E-state index is 5.59. The first-order chi connectivity index (χ1) is 13.7. The second-order valence-corrected chi connectivity index (χ2v) is 6.39. The number of nitrogens with zero attached hydrogens (tertiary/aromatic N) is 2. The zero-order chi connectivity index (χ0) is 19.5. The van der Waals surface area contributed by atoms with Gasteiger partial charge in [0.05, 0.1) is 44.5 Å². The third kappa shape index (κ3) is 3.16. The van der Waals surface area contributed by atoms with E-state index < -0.39 is 0 Å². The van der Waals surface area contributed by atoms with Gasteiger partial charge in [-0.15, -0.1) is 0 Å². The minimum absolute atomic E-state index is 0.625. The largest absolute Gasteiger partial charge is 0.497 e. The van der Waals surface area contributed by atoms with Crippen LogP contribution in [0.4, 0.5) is 0 Å². The van der Waals surface area contributed by atoms with Gasteiger partial charge in [-0.1, -0.05) is 30.3 Å². The van der Waals surface area contributed by atoms with Crippen molar-refractivity contribution in [3.05, 3.63) is 72.3 Å². The smallest absolute Gasteiger partial charge is 0.145 e. The summed E-state index contributed by atoms with van der Waals surface area (Å²) in [6.45, 7) is 0.625. The molecule has 0 aliphatic heterocycles. The molecule has 0 saturated heterocycles. The average Bonchev–Trinajstić information content (AvgIpc) is 3.11. The number of benzene rings is 3. The number of rotatable bonds is 6. The first-order valence-corrected chi connectivity index (χ1v) is 9.04. The molecule has 28 heavy (non-hydrogen) atoms. The van der Waals surface area contributed by atoms with E-state index in [-0.39, 0.29) is 0 Å². The van der Waals surface area contributed by atoms with Gasteiger partial charge >= 0.3 is 0 Å². The quantitative estimate of drug-likeness (QED) is 0.487. The van der Waals surface area contributed by atoms with Crippen molar-refractivity contribution in [3.8, 4) is 28.6 Å². The van der Waals surface area contributed by atoms with Crippen LogP contribution in [0.3, 0.4) is 0 Å². The fourth-order valence-electron chi connectivity index (χ4n) is 3.44. The Labute approximate surface area is 164 Å². The number of methoxy groups -OCH3 is 3. The molecule has 4 aromatic rings. The minimum atomic E-state index is 0.625. The van der Waals surface area contributed by atoms with E-state index in [2.05, 4.69) is 10.6 Å². The van der Waals surface area contributed by atoms with Crippen molar-refractivity contribution in [1.29, 1.82) is 0 Å². The minimum Gasteiger partial charge on any atom is -0.497 e. The molecule has 1 heterocycles. The SMILES string of the molecule is COc1ccc2c(c1)nc(-c1ccccc1OC)n2Cc1ccccc1OC. The van der Waals surface area contributed by atoms with Crippen LogP contribution >= 0.6 is 0 Å². The number of ether oxygens (including phenoxy) is 3. The van der Waals surface area contributed by atoms with Crippen LogP contribution in [-0.2, 0) is 6.54 Å². The topological polar surface area (TPSA) is 45.5 Å². The fourth-order valence-corrected chi connectivity index (χ4v) is 3.44. The van der Waals surface area contributed by atoms with Crippen molar-refractivity contribution in [2.75, 3.05) is 21.3 Å². The maximum atomic E-state index is 5.59. The zero-order valence-electron chi connectivity index (χ0n) is 16.2. The van der Waals surface area contributed by atoms with Crippen LogP contribution in [0, 0.1) is 0 Å². The Kier molecular flexibility index (Phi) is 4.89. The van der Waals surface area contributed by atoms with E-state index in [1.165, 1.54) is 0 Å². The number of hydrogen-bond acceptors (Lipinski definition) is 4. The Morgan fingerprint density at radius 1 is 0.786 bits per heavy atom. The lowest BCUT2D eigenvalue weighted by molar-refractivity contribution is 0.408. The summed E-state index contributed by atoms with van der Waals surface area (Å²) >= 11 is 0. The summed E-state index contributed by atoms with van der Waals surface area (Å²) in [4.78, 5) is 4.91. The molecule has 5 nitrogen and oxygen atoms in total. The Balaban J connectivity index is 1.94. The second kappa shape index (κ2) is 7.64. The summed E-state index contributed by atoms with van der Waals surface area (Å²) in [5, 5.41) is 0. The standard InChI is InChI=1S/C23H22N2O3/c1-26-17-12-13-20-19(14-17)24-23(18-9-5-7-11-22(18)28-3)25(20)15-16-8-4-6-10-21(16)27-2/h4-14H,15H2,1-3H3. The highest BCUT2D eigenvalue weighted by atomic mass is 16.5. The predicted octanol–water partition coefficient (Wildman–Crippen LogP) is 4.78. The number of fused-ring (bicyclic) bond motifs is 1. The average molecular weight is 374 g/mol. The van der Waals surface area contributed by atoms with Crippen LogP contribution < -0.4 is 14.2 Å². The van der Waals surface area contributed by atoms with Crippen molar-refractivity contribution in [2.24, 2.45) is 0 Å². The van der Waals surface area contributed by atoms with Crippen molar-refractivity contribution in [2.45, 2.75) is 6.54 Å². The Bertz CT molecular complexity index is 1120. The molecular formula is C23H22N2O3. The molecule has 3 aromatic carbocycles. The van der Waals surface area contributed by atoms with E-state index in [1.807, 2.05) is 60.7 Å². The lowest BCUT2D eigenvalue weighted by atomic mass is 10.1. The first kappa shape index (κ1) is 17.9. The third-order valence-electron chi connectivity index (χ3n) is 4.82. The molecule has 1 aromatic heterocycles. The van der Waals surface area contributed by atoms with E-state index in [0.717, 1.165) is 45.2 Å². The molecule has 0 unspecified atom stereocenters. The molecule has 0 radical (unpaired) electrons. The lowest BCUT2D eigenvalue weighted by Gasteiger charge is -2.14. The number of aromatic nitrogens is 2. The highest BCUT2D eigenvalue weighted by Crippen LogP contribution is 2.34. The molecule has 0 saturated carbocycles. The maximum Gasteiger partial charge on any atom is 0.145 e. The molecule has 0 atom stereocenters. The van der Waals surface area contributed by atoms with Gasteiger partial charge in [-0.3, -0.25) is 0 Å². The Hall–Kier alpha value is -3.47. The summed E-state index contributed by atoms with van der Waals surface area (Å²) < 4.78 is 18.7. The first-order valence-electron chi connectivity index (χ1n) is 9.04. The Morgan fingerprint density at radius 3 is 2.25 bits per heavy atom. The van der Waals surface area contributed by atoms with Gasteiger partial charge in [0.2, 0.25) is 0 Å². The van der Waals surface area contributed by atoms with Gasteiger partial charge in [-0.25, -0.2) is 4.98 Å². The summed E-state index contributed by atoms with van der Waals surface area (Å²) in [6, 6.07) is 21.9. The summed E-state index contributed by atoms with van der Waals surface area (Å²) in [5.74, 6) is 3.25. The van der Waals surface area contributed by atoms with Gasteiger partial charge in [-0.2, -0.15) is 0 Å². The fraction of sp³-hybridized carbons (Fsp3) is 0.174. The molecule has 142 valence electrons. The van der Waals surface area contributed by atoms with Crippen LogP contribution in [0.5, 0.6) is 17.2 Å². The van der Waals surface area contributed by atoms with Crippen LogP contribution in [0.2, 0.25) is 0 Å². The second-order valence-electron chi connectivity index (χ2n) is 6.39. The van der Waals surface area contributed by atoms with Gasteiger partial charge in [0.25, 0.3) is 0 Å². The van der Waals surface area contributed by atoms with Crippen molar-refractivity contribution < 1.29 is 14.2 Å². The normalized spacial score (nSPS) is 10.8. The highest BCUT2D eigenvalue weighted by Gasteiger charge is 2.18. The molecule has 0 aliphatic rings. The van der Waals surface area contributed by atoms with E-state index >= 15 is 0 Å². The molecule has 0 aliphatic carbocycles. The van der Waals surface area contributed by atoms with Crippen molar-refractivity contribution >= 4 is 11.0 Å². The highest BCUT2D eigenvalue weighted by molar-refractivity contribution is 5.83. The summed E-state index contributed by atoms with van der Waals surface area (Å²) in [6.07, 6.45) is 0. The lowest BCUT2D eigenvalue weighted by Crippen LogP contribution is -2.04. The molecule has 0 N–H and O–H groups in total. The third-order valence-corrected chi connectivity index (χ3v) is 4.82. The molecule has 0 spiro atoms. The monoisotopic (exact) mass is 374 g/mol. The summed E-state index contributed by atoms with van der Waals surface area (Å²) in [7, 11) is 5.03. The van der Waals surface area contributed by atoms with Gasteiger partial charge in [0.1, 0.15) is 23.1 Å². The summed E-state index contributed by atoms with van der Waals surface area (Å²) in [5.41, 5.74) is 3.91. The van der Waals surface area contributed by atoms with Gasteiger partial charge < -0.3 is 18.8 Å². The van der Waals surface area contributed by atoms with Crippen molar-refractivity contribution in [3.63, 3.8) is 0 Å².